The summed E-state index contributed by atoms with van der Waals surface area (Å²) in [6.45, 7) is 3.78. The SMILES string of the molecule is CC/C=C\C/C=C\C/C=C\CCCCCCCCCC(=O)OC(COCCCCCCCCCCCCCCCCCCC)COP(=O)(O)OCC(N)C(=O)O. The molecule has 56 heavy (non-hydrogen) atoms. The van der Waals surface area contributed by atoms with E-state index in [1.54, 1.807) is 0 Å². The molecule has 0 aliphatic heterocycles. The zero-order chi connectivity index (χ0) is 41.2. The van der Waals surface area contributed by atoms with Crippen molar-refractivity contribution in [2.75, 3.05) is 26.4 Å². The van der Waals surface area contributed by atoms with Crippen molar-refractivity contribution < 1.29 is 42.7 Å². The highest BCUT2D eigenvalue weighted by Gasteiger charge is 2.27. The highest BCUT2D eigenvalue weighted by atomic mass is 31.2. The number of hydrogen-bond acceptors (Lipinski definition) is 8. The fraction of sp³-hybridized carbons (Fsp3) is 0.822. The Labute approximate surface area is 342 Å². The van der Waals surface area contributed by atoms with E-state index in [2.05, 4.69) is 50.3 Å². The maximum absolute atomic E-state index is 12.6. The number of rotatable bonds is 43. The van der Waals surface area contributed by atoms with Crippen LogP contribution < -0.4 is 5.73 Å². The third-order valence-electron chi connectivity index (χ3n) is 9.68. The zero-order valence-electron chi connectivity index (χ0n) is 35.7. The van der Waals surface area contributed by atoms with E-state index in [-0.39, 0.29) is 13.0 Å². The molecule has 3 unspecified atom stereocenters. The summed E-state index contributed by atoms with van der Waals surface area (Å²) in [6.07, 6.45) is 46.2. The van der Waals surface area contributed by atoms with Crippen LogP contribution in [0, 0.1) is 0 Å². The van der Waals surface area contributed by atoms with Crippen molar-refractivity contribution >= 4 is 19.8 Å². The molecule has 0 amide bonds. The van der Waals surface area contributed by atoms with Crippen LogP contribution in [-0.2, 0) is 32.7 Å². The van der Waals surface area contributed by atoms with E-state index < -0.39 is 45.1 Å². The Morgan fingerprint density at radius 1 is 0.589 bits per heavy atom. The number of allylic oxidation sites excluding steroid dienone is 6. The first-order valence-electron chi connectivity index (χ1n) is 22.5. The van der Waals surface area contributed by atoms with Crippen molar-refractivity contribution in [3.63, 3.8) is 0 Å². The number of carbonyl (C=O) groups excluding carboxylic acids is 1. The number of ether oxygens (including phenoxy) is 2. The smallest absolute Gasteiger partial charge is 0.472 e. The first-order chi connectivity index (χ1) is 27.2. The van der Waals surface area contributed by atoms with E-state index in [4.69, 9.17) is 29.4 Å². The second kappa shape index (κ2) is 41.4. The number of nitrogens with two attached hydrogens (primary N) is 1. The van der Waals surface area contributed by atoms with E-state index in [1.807, 2.05) is 0 Å². The van der Waals surface area contributed by atoms with Crippen LogP contribution in [0.1, 0.15) is 200 Å². The van der Waals surface area contributed by atoms with Crippen LogP contribution in [0.5, 0.6) is 0 Å². The molecule has 0 aliphatic rings. The number of aliphatic carboxylic acids is 1. The van der Waals surface area contributed by atoms with Gasteiger partial charge in [0.1, 0.15) is 12.1 Å². The molecule has 328 valence electrons. The number of carbonyl (C=O) groups is 2. The van der Waals surface area contributed by atoms with E-state index in [9.17, 15) is 19.0 Å². The molecule has 0 rings (SSSR count). The molecule has 0 aromatic carbocycles. The fourth-order valence-corrected chi connectivity index (χ4v) is 6.99. The van der Waals surface area contributed by atoms with Gasteiger partial charge in [-0.1, -0.05) is 185 Å². The number of phosphoric acid groups is 1. The van der Waals surface area contributed by atoms with Gasteiger partial charge in [-0.3, -0.25) is 18.6 Å². The largest absolute Gasteiger partial charge is 0.480 e. The van der Waals surface area contributed by atoms with Gasteiger partial charge < -0.3 is 25.2 Å². The van der Waals surface area contributed by atoms with Crippen molar-refractivity contribution in [3.8, 4) is 0 Å². The molecule has 0 aliphatic carbocycles. The van der Waals surface area contributed by atoms with Crippen LogP contribution in [0.3, 0.4) is 0 Å². The van der Waals surface area contributed by atoms with Crippen LogP contribution in [-0.4, -0.2) is 60.5 Å². The molecule has 0 radical (unpaired) electrons. The minimum atomic E-state index is -4.62. The Hall–Kier alpha value is -1.81. The summed E-state index contributed by atoms with van der Waals surface area (Å²) in [6, 6.07) is -1.47. The first kappa shape index (κ1) is 54.2. The predicted molar refractivity (Wildman–Crippen MR) is 231 cm³/mol. The zero-order valence-corrected chi connectivity index (χ0v) is 36.6. The number of phosphoric ester groups is 1. The Morgan fingerprint density at radius 3 is 1.55 bits per heavy atom. The molecule has 0 aromatic heterocycles. The lowest BCUT2D eigenvalue weighted by atomic mass is 10.0. The van der Waals surface area contributed by atoms with E-state index in [0.717, 1.165) is 64.2 Å². The van der Waals surface area contributed by atoms with Crippen LogP contribution in [0.25, 0.3) is 0 Å². The first-order valence-corrected chi connectivity index (χ1v) is 24.0. The van der Waals surface area contributed by atoms with Gasteiger partial charge in [-0.2, -0.15) is 0 Å². The van der Waals surface area contributed by atoms with Crippen LogP contribution >= 0.6 is 7.82 Å². The summed E-state index contributed by atoms with van der Waals surface area (Å²) >= 11 is 0. The third kappa shape index (κ3) is 40.4. The molecule has 0 bridgehead atoms. The predicted octanol–water partition coefficient (Wildman–Crippen LogP) is 12.5. The molecule has 0 heterocycles. The summed E-state index contributed by atoms with van der Waals surface area (Å²) in [5.41, 5.74) is 5.36. The minimum absolute atomic E-state index is 0.0156. The van der Waals surface area contributed by atoms with Gasteiger partial charge in [0, 0.05) is 13.0 Å². The maximum atomic E-state index is 12.6. The number of carboxylic acids is 1. The second-order valence-electron chi connectivity index (χ2n) is 15.2. The van der Waals surface area contributed by atoms with Crippen LogP contribution in [0.15, 0.2) is 36.5 Å². The van der Waals surface area contributed by atoms with Gasteiger partial charge in [0.25, 0.3) is 0 Å². The lowest BCUT2D eigenvalue weighted by Crippen LogP contribution is -2.34. The number of hydrogen-bond donors (Lipinski definition) is 3. The van der Waals surface area contributed by atoms with Gasteiger partial charge in [0.2, 0.25) is 0 Å². The molecule has 3 atom stereocenters. The quantitative estimate of drug-likeness (QED) is 0.0234. The minimum Gasteiger partial charge on any atom is -0.480 e. The van der Waals surface area contributed by atoms with Gasteiger partial charge in [0.15, 0.2) is 0 Å². The van der Waals surface area contributed by atoms with Crippen LogP contribution in [0.2, 0.25) is 0 Å². The van der Waals surface area contributed by atoms with Gasteiger partial charge in [0.05, 0.1) is 19.8 Å². The van der Waals surface area contributed by atoms with Crippen LogP contribution in [0.4, 0.5) is 0 Å². The normalized spacial score (nSPS) is 14.2. The van der Waals surface area contributed by atoms with Crippen molar-refractivity contribution in [3.05, 3.63) is 36.5 Å². The topological polar surface area (TPSA) is 155 Å². The Kier molecular flexibility index (Phi) is 40.0. The lowest BCUT2D eigenvalue weighted by molar-refractivity contribution is -0.154. The van der Waals surface area contributed by atoms with Crippen molar-refractivity contribution in [1.82, 2.24) is 0 Å². The second-order valence-corrected chi connectivity index (χ2v) is 16.6. The summed E-state index contributed by atoms with van der Waals surface area (Å²) in [5, 5.41) is 8.90. The molecule has 11 heteroatoms. The molecule has 0 fully saturated rings. The van der Waals surface area contributed by atoms with E-state index in [1.165, 1.54) is 109 Å². The van der Waals surface area contributed by atoms with Gasteiger partial charge in [-0.15, -0.1) is 0 Å². The number of esters is 1. The Morgan fingerprint density at radius 2 is 1.04 bits per heavy atom. The van der Waals surface area contributed by atoms with E-state index >= 15 is 0 Å². The highest BCUT2D eigenvalue weighted by Crippen LogP contribution is 2.43. The standard InChI is InChI=1S/C45H84NO9P/c1-3-5-7-9-11-13-15-17-19-21-23-25-27-29-31-33-35-37-44(47)55-42(40-53-56(50,51)54-41-43(46)45(48)49)39-52-38-36-34-32-30-28-26-24-22-20-18-16-14-12-10-8-6-4-2/h5,7,11,13,17,19,42-43H,3-4,6,8-10,12,14-16,18,20-41,46H2,1-2H3,(H,48,49)(H,50,51)/b7-5-,13-11-,19-17-. The van der Waals surface area contributed by atoms with E-state index in [0.29, 0.717) is 13.0 Å². The Balaban J connectivity index is 4.21. The molecule has 0 saturated heterocycles. The van der Waals surface area contributed by atoms with Gasteiger partial charge in [-0.25, -0.2) is 4.57 Å². The molecular weight excluding hydrogens is 729 g/mol. The van der Waals surface area contributed by atoms with Crippen molar-refractivity contribution in [1.29, 1.82) is 0 Å². The summed E-state index contributed by atoms with van der Waals surface area (Å²) in [4.78, 5) is 33.6. The summed E-state index contributed by atoms with van der Waals surface area (Å²) in [5.74, 6) is -1.78. The molecule has 4 N–H and O–H groups in total. The summed E-state index contributed by atoms with van der Waals surface area (Å²) in [7, 11) is -4.62. The maximum Gasteiger partial charge on any atom is 0.472 e. The fourth-order valence-electron chi connectivity index (χ4n) is 6.21. The summed E-state index contributed by atoms with van der Waals surface area (Å²) < 4.78 is 33.4. The van der Waals surface area contributed by atoms with Gasteiger partial charge in [-0.05, 0) is 44.9 Å². The highest BCUT2D eigenvalue weighted by molar-refractivity contribution is 7.47. The lowest BCUT2D eigenvalue weighted by Gasteiger charge is -2.20. The molecule has 0 aromatic rings. The average Bonchev–Trinajstić information content (AvgIpc) is 3.18. The third-order valence-corrected chi connectivity index (χ3v) is 10.6. The Bertz CT molecular complexity index is 1040. The molecule has 0 saturated carbocycles. The van der Waals surface area contributed by atoms with Crippen molar-refractivity contribution in [2.45, 2.75) is 212 Å². The number of carboxylic acid groups (broad SMARTS) is 1. The molecular formula is C45H84NO9P. The average molecular weight is 814 g/mol. The number of unbranched alkanes of at least 4 members (excludes halogenated alkanes) is 23. The van der Waals surface area contributed by atoms with Crippen molar-refractivity contribution in [2.24, 2.45) is 5.73 Å². The van der Waals surface area contributed by atoms with Gasteiger partial charge >= 0.3 is 19.8 Å². The molecule has 10 nitrogen and oxygen atoms in total. The molecule has 0 spiro atoms. The monoisotopic (exact) mass is 814 g/mol.